The van der Waals surface area contributed by atoms with Crippen LogP contribution in [-0.4, -0.2) is 38.3 Å². The molecular formula is C23H24BrN5O2. The van der Waals surface area contributed by atoms with Gasteiger partial charge in [0.25, 0.3) is 0 Å². The number of nitriles is 3. The van der Waals surface area contributed by atoms with Crippen molar-refractivity contribution in [3.8, 4) is 29.7 Å². The van der Waals surface area contributed by atoms with Gasteiger partial charge in [-0.25, -0.2) is 0 Å². The third-order valence-corrected chi connectivity index (χ3v) is 6.53. The van der Waals surface area contributed by atoms with Crippen molar-refractivity contribution >= 4 is 15.9 Å². The van der Waals surface area contributed by atoms with Gasteiger partial charge in [-0.15, -0.1) is 0 Å². The lowest BCUT2D eigenvalue weighted by Crippen LogP contribution is -2.47. The molecule has 0 saturated heterocycles. The summed E-state index contributed by atoms with van der Waals surface area (Å²) in [5.74, 6) is 0.255. The smallest absolute Gasteiger partial charge is 0.191 e. The lowest BCUT2D eigenvalue weighted by molar-refractivity contribution is 0.236. The van der Waals surface area contributed by atoms with E-state index < -0.39 is 11.3 Å². The lowest BCUT2D eigenvalue weighted by atomic mass is 9.58. The van der Waals surface area contributed by atoms with E-state index in [0.717, 1.165) is 11.1 Å². The van der Waals surface area contributed by atoms with Crippen LogP contribution in [0, 0.1) is 45.3 Å². The fourth-order valence-corrected chi connectivity index (χ4v) is 5.06. The number of hydrogen-bond donors (Lipinski definition) is 1. The molecule has 160 valence electrons. The number of halogens is 1. The Bertz CT molecular complexity index is 1060. The Morgan fingerprint density at radius 3 is 2.32 bits per heavy atom. The van der Waals surface area contributed by atoms with Gasteiger partial charge in [0.2, 0.25) is 0 Å². The number of allylic oxidation sites excluding steroid dienone is 2. The molecule has 7 nitrogen and oxygen atoms in total. The Morgan fingerprint density at radius 2 is 1.77 bits per heavy atom. The number of hydrogen-bond acceptors (Lipinski definition) is 7. The van der Waals surface area contributed by atoms with Crippen LogP contribution in [0.15, 0.2) is 39.5 Å². The highest BCUT2D eigenvalue weighted by Gasteiger charge is 2.54. The molecule has 0 spiro atoms. The molecule has 31 heavy (non-hydrogen) atoms. The van der Waals surface area contributed by atoms with Crippen LogP contribution in [0.5, 0.6) is 11.5 Å². The van der Waals surface area contributed by atoms with Crippen molar-refractivity contribution in [1.82, 2.24) is 4.90 Å². The predicted molar refractivity (Wildman–Crippen MR) is 119 cm³/mol. The van der Waals surface area contributed by atoms with Crippen molar-refractivity contribution in [2.45, 2.75) is 19.8 Å². The number of ether oxygens (including phenoxy) is 2. The van der Waals surface area contributed by atoms with Gasteiger partial charge in [0, 0.05) is 29.4 Å². The van der Waals surface area contributed by atoms with E-state index in [1.165, 1.54) is 0 Å². The van der Waals surface area contributed by atoms with E-state index in [2.05, 4.69) is 39.0 Å². The topological polar surface area (TPSA) is 119 Å². The first-order chi connectivity index (χ1) is 14.9. The Hall–Kier alpha value is -2.99. The summed E-state index contributed by atoms with van der Waals surface area (Å²) in [6.45, 7) is 5.92. The fraction of sp³-hybridized carbons (Fsp3) is 0.435. The van der Waals surface area contributed by atoms with E-state index in [1.807, 2.05) is 33.0 Å². The van der Waals surface area contributed by atoms with Gasteiger partial charge < -0.3 is 20.1 Å². The Kier molecular flexibility index (Phi) is 6.60. The second-order valence-corrected chi connectivity index (χ2v) is 8.44. The minimum atomic E-state index is -1.69. The molecule has 0 saturated carbocycles. The molecule has 0 bridgehead atoms. The summed E-state index contributed by atoms with van der Waals surface area (Å²) in [7, 11) is 1.97. The second kappa shape index (κ2) is 9.02. The summed E-state index contributed by atoms with van der Waals surface area (Å²) in [4.78, 5) is 2.10. The van der Waals surface area contributed by atoms with Gasteiger partial charge in [0.1, 0.15) is 6.07 Å². The third-order valence-electron chi connectivity index (χ3n) is 5.84. The van der Waals surface area contributed by atoms with Crippen molar-refractivity contribution in [2.75, 3.05) is 33.4 Å². The largest absolute Gasteiger partial charge is 0.490 e. The highest BCUT2D eigenvalue weighted by molar-refractivity contribution is 9.10. The zero-order valence-electron chi connectivity index (χ0n) is 17.8. The maximum Gasteiger partial charge on any atom is 0.191 e. The zero-order chi connectivity index (χ0) is 22.8. The van der Waals surface area contributed by atoms with Crippen LogP contribution in [0.2, 0.25) is 0 Å². The van der Waals surface area contributed by atoms with Crippen LogP contribution in [0.3, 0.4) is 0 Å². The summed E-state index contributed by atoms with van der Waals surface area (Å²) in [6, 6.07) is 10.1. The highest BCUT2D eigenvalue weighted by atomic mass is 79.9. The Balaban J connectivity index is 2.34. The predicted octanol–water partition coefficient (Wildman–Crippen LogP) is 3.60. The van der Waals surface area contributed by atoms with Gasteiger partial charge in [-0.3, -0.25) is 0 Å². The standard InChI is InChI=1S/C23H24BrN5O2/c1-4-30-19-8-15(18(24)9-20(19)31-5-2)21-17-11-29(3)7-6-14(17)16(10-25)22(28)23(21,12-26)13-27/h6,8-9,17,21H,4-5,7,11,28H2,1-3H3/t17-,21+/m1/s1. The summed E-state index contributed by atoms with van der Waals surface area (Å²) in [5.41, 5.74) is 6.45. The normalized spacial score (nSPS) is 22.4. The van der Waals surface area contributed by atoms with E-state index in [9.17, 15) is 15.8 Å². The number of rotatable bonds is 5. The second-order valence-electron chi connectivity index (χ2n) is 7.58. The summed E-state index contributed by atoms with van der Waals surface area (Å²) >= 11 is 3.62. The molecule has 8 heteroatoms. The maximum atomic E-state index is 10.2. The quantitative estimate of drug-likeness (QED) is 0.681. The molecular weight excluding hydrogens is 458 g/mol. The van der Waals surface area contributed by atoms with Crippen LogP contribution in [0.25, 0.3) is 0 Å². The molecule has 0 radical (unpaired) electrons. The number of fused-ring (bicyclic) bond motifs is 1. The average molecular weight is 482 g/mol. The van der Waals surface area contributed by atoms with E-state index in [4.69, 9.17) is 15.2 Å². The molecule has 2 aliphatic rings. The highest BCUT2D eigenvalue weighted by Crippen LogP contribution is 2.56. The fourth-order valence-electron chi connectivity index (χ4n) is 4.49. The minimum absolute atomic E-state index is 0.01000. The Morgan fingerprint density at radius 1 is 1.16 bits per heavy atom. The first-order valence-electron chi connectivity index (χ1n) is 10.1. The summed E-state index contributed by atoms with van der Waals surface area (Å²) < 4.78 is 12.2. The van der Waals surface area contributed by atoms with Crippen LogP contribution in [0.1, 0.15) is 25.3 Å². The van der Waals surface area contributed by atoms with E-state index in [1.54, 1.807) is 6.07 Å². The SMILES string of the molecule is CCOc1cc(Br)c([C@H]2[C@@H]3CN(C)CC=C3C(C#N)=C(N)C2(C#N)C#N)cc1OCC. The minimum Gasteiger partial charge on any atom is -0.490 e. The van der Waals surface area contributed by atoms with Gasteiger partial charge in [0.15, 0.2) is 16.9 Å². The first kappa shape index (κ1) is 22.7. The molecule has 0 fully saturated rings. The molecule has 0 amide bonds. The van der Waals surface area contributed by atoms with Crippen molar-refractivity contribution in [3.05, 3.63) is 45.1 Å². The van der Waals surface area contributed by atoms with E-state index >= 15 is 0 Å². The van der Waals surface area contributed by atoms with Crippen molar-refractivity contribution in [3.63, 3.8) is 0 Å². The number of likely N-dealkylation sites (N-methyl/N-ethyl adjacent to an activating group) is 1. The van der Waals surface area contributed by atoms with Gasteiger partial charge in [0.05, 0.1) is 36.6 Å². The third kappa shape index (κ3) is 3.65. The number of benzene rings is 1. The Labute approximate surface area is 191 Å². The molecule has 1 aromatic carbocycles. The molecule has 1 heterocycles. The van der Waals surface area contributed by atoms with Gasteiger partial charge >= 0.3 is 0 Å². The first-order valence-corrected chi connectivity index (χ1v) is 10.9. The molecule has 3 rings (SSSR count). The molecule has 1 aliphatic carbocycles. The molecule has 0 unspecified atom stereocenters. The van der Waals surface area contributed by atoms with Crippen molar-refractivity contribution in [2.24, 2.45) is 17.1 Å². The molecule has 0 aromatic heterocycles. The van der Waals surface area contributed by atoms with Gasteiger partial charge in [-0.05, 0) is 44.2 Å². The van der Waals surface area contributed by atoms with Crippen molar-refractivity contribution < 1.29 is 9.47 Å². The summed E-state index contributed by atoms with van der Waals surface area (Å²) in [5, 5.41) is 30.2. The van der Waals surface area contributed by atoms with E-state index in [-0.39, 0.29) is 17.2 Å². The van der Waals surface area contributed by atoms with Crippen LogP contribution in [0.4, 0.5) is 0 Å². The molecule has 2 atom stereocenters. The maximum absolute atomic E-state index is 10.2. The van der Waals surface area contributed by atoms with Gasteiger partial charge in [-0.2, -0.15) is 15.8 Å². The summed E-state index contributed by atoms with van der Waals surface area (Å²) in [6.07, 6.45) is 1.97. The van der Waals surface area contributed by atoms with Gasteiger partial charge in [-0.1, -0.05) is 22.0 Å². The van der Waals surface area contributed by atoms with Crippen LogP contribution < -0.4 is 15.2 Å². The van der Waals surface area contributed by atoms with Crippen LogP contribution >= 0.6 is 15.9 Å². The molecule has 1 aliphatic heterocycles. The van der Waals surface area contributed by atoms with E-state index in [0.29, 0.717) is 42.3 Å². The van der Waals surface area contributed by atoms with Crippen molar-refractivity contribution in [1.29, 1.82) is 15.8 Å². The number of nitrogens with two attached hydrogens (primary N) is 1. The zero-order valence-corrected chi connectivity index (χ0v) is 19.4. The monoisotopic (exact) mass is 481 g/mol. The van der Waals surface area contributed by atoms with Crippen LogP contribution in [-0.2, 0) is 0 Å². The number of nitrogens with zero attached hydrogens (tertiary/aromatic N) is 4. The average Bonchev–Trinajstić information content (AvgIpc) is 2.76. The molecule has 2 N–H and O–H groups in total. The molecule has 1 aromatic rings. The lowest BCUT2D eigenvalue weighted by Gasteiger charge is -2.45.